The third kappa shape index (κ3) is 7.46. The number of amides is 2. The summed E-state index contributed by atoms with van der Waals surface area (Å²) in [6, 6.07) is 9.15. The molecule has 3 N–H and O–H groups in total. The summed E-state index contributed by atoms with van der Waals surface area (Å²) in [5.41, 5.74) is 0.661. The minimum atomic E-state index is -0.878. The lowest BCUT2D eigenvalue weighted by Gasteiger charge is -2.30. The Morgan fingerprint density at radius 2 is 1.88 bits per heavy atom. The highest BCUT2D eigenvalue weighted by Crippen LogP contribution is 2.15. The summed E-state index contributed by atoms with van der Waals surface area (Å²) < 4.78 is 0. The average molecular weight is 336 g/mol. The quantitative estimate of drug-likeness (QED) is 0.644. The van der Waals surface area contributed by atoms with Gasteiger partial charge in [0, 0.05) is 38.1 Å². The lowest BCUT2D eigenvalue weighted by molar-refractivity contribution is -0.137. The molecule has 0 aliphatic carbocycles. The zero-order valence-corrected chi connectivity index (χ0v) is 14.7. The Balaban J connectivity index is 2.68. The Morgan fingerprint density at radius 1 is 1.25 bits per heavy atom. The topological polar surface area (TPSA) is 89.9 Å². The highest BCUT2D eigenvalue weighted by atomic mass is 16.4. The van der Waals surface area contributed by atoms with E-state index in [1.54, 1.807) is 7.05 Å². The van der Waals surface area contributed by atoms with E-state index in [4.69, 9.17) is 5.11 Å². The molecule has 0 aliphatic rings. The van der Waals surface area contributed by atoms with E-state index >= 15 is 0 Å². The molecule has 0 saturated heterocycles. The van der Waals surface area contributed by atoms with Gasteiger partial charge in [0.05, 0.1) is 0 Å². The van der Waals surface area contributed by atoms with Crippen molar-refractivity contribution in [3.8, 4) is 0 Å². The summed E-state index contributed by atoms with van der Waals surface area (Å²) in [6.07, 6.45) is 0.952. The van der Waals surface area contributed by atoms with Crippen molar-refractivity contribution in [2.24, 2.45) is 5.41 Å². The van der Waals surface area contributed by atoms with Gasteiger partial charge in [-0.25, -0.2) is 4.79 Å². The number of rotatable bonds is 9. The molecule has 0 heterocycles. The molecule has 6 heteroatoms. The SMILES string of the molecule is CN(CC(C)(C)CO)C(=O)NC(CCC(=O)O)Cc1ccccc1. The number of hydrogen-bond acceptors (Lipinski definition) is 3. The minimum absolute atomic E-state index is 0.00360. The van der Waals surface area contributed by atoms with Crippen molar-refractivity contribution in [3.63, 3.8) is 0 Å². The van der Waals surface area contributed by atoms with Crippen LogP contribution in [-0.2, 0) is 11.2 Å². The third-order valence-electron chi connectivity index (χ3n) is 3.80. The zero-order valence-electron chi connectivity index (χ0n) is 14.7. The van der Waals surface area contributed by atoms with Crippen molar-refractivity contribution in [2.75, 3.05) is 20.2 Å². The third-order valence-corrected chi connectivity index (χ3v) is 3.80. The van der Waals surface area contributed by atoms with Crippen molar-refractivity contribution in [3.05, 3.63) is 35.9 Å². The van der Waals surface area contributed by atoms with Crippen LogP contribution in [0, 0.1) is 5.41 Å². The van der Waals surface area contributed by atoms with Gasteiger partial charge in [-0.05, 0) is 18.4 Å². The van der Waals surface area contributed by atoms with Crippen molar-refractivity contribution in [1.29, 1.82) is 0 Å². The Morgan fingerprint density at radius 3 is 2.42 bits per heavy atom. The molecule has 2 amide bonds. The molecule has 0 aromatic heterocycles. The number of aliphatic hydroxyl groups is 1. The highest BCUT2D eigenvalue weighted by Gasteiger charge is 2.23. The molecule has 134 valence electrons. The molecule has 1 rings (SSSR count). The lowest BCUT2D eigenvalue weighted by Crippen LogP contribution is -2.47. The van der Waals surface area contributed by atoms with Gasteiger partial charge in [0.25, 0.3) is 0 Å². The molecule has 1 aromatic carbocycles. The molecule has 24 heavy (non-hydrogen) atoms. The number of nitrogens with one attached hydrogen (secondary N) is 1. The van der Waals surface area contributed by atoms with Crippen LogP contribution < -0.4 is 5.32 Å². The summed E-state index contributed by atoms with van der Waals surface area (Å²) in [4.78, 5) is 24.7. The van der Waals surface area contributed by atoms with Crippen LogP contribution in [0.25, 0.3) is 0 Å². The lowest BCUT2D eigenvalue weighted by atomic mass is 9.94. The van der Waals surface area contributed by atoms with Crippen molar-refractivity contribution < 1.29 is 19.8 Å². The van der Waals surface area contributed by atoms with Gasteiger partial charge >= 0.3 is 12.0 Å². The van der Waals surface area contributed by atoms with E-state index in [2.05, 4.69) is 5.32 Å². The van der Waals surface area contributed by atoms with Crippen molar-refractivity contribution >= 4 is 12.0 Å². The first kappa shape index (κ1) is 20.0. The number of carbonyl (C=O) groups excluding carboxylic acids is 1. The van der Waals surface area contributed by atoms with Gasteiger partial charge in [-0.2, -0.15) is 0 Å². The van der Waals surface area contributed by atoms with Crippen LogP contribution in [0.4, 0.5) is 4.79 Å². The number of carbonyl (C=O) groups is 2. The first-order chi connectivity index (χ1) is 11.2. The normalized spacial score (nSPS) is 12.5. The van der Waals surface area contributed by atoms with E-state index in [1.165, 1.54) is 4.90 Å². The standard InChI is InChI=1S/C18H28N2O4/c1-18(2,13-21)12-20(3)17(24)19-15(9-10-16(22)23)11-14-7-5-4-6-8-14/h4-8,15,21H,9-13H2,1-3H3,(H,19,24)(H,22,23). The first-order valence-electron chi connectivity index (χ1n) is 8.12. The van der Waals surface area contributed by atoms with Crippen LogP contribution in [-0.4, -0.2) is 53.4 Å². The number of benzene rings is 1. The first-order valence-corrected chi connectivity index (χ1v) is 8.12. The van der Waals surface area contributed by atoms with Crippen LogP contribution in [0.2, 0.25) is 0 Å². The number of nitrogens with zero attached hydrogens (tertiary/aromatic N) is 1. The van der Waals surface area contributed by atoms with Crippen LogP contribution >= 0.6 is 0 Å². The molecule has 0 aliphatic heterocycles. The summed E-state index contributed by atoms with van der Waals surface area (Å²) in [6.45, 7) is 4.15. The summed E-state index contributed by atoms with van der Waals surface area (Å²) in [5.74, 6) is -0.878. The second-order valence-corrected chi connectivity index (χ2v) is 6.95. The average Bonchev–Trinajstić information content (AvgIpc) is 2.53. The van der Waals surface area contributed by atoms with Gasteiger partial charge < -0.3 is 20.4 Å². The Labute approximate surface area is 143 Å². The molecule has 6 nitrogen and oxygen atoms in total. The van der Waals surface area contributed by atoms with Gasteiger partial charge in [0.15, 0.2) is 0 Å². The minimum Gasteiger partial charge on any atom is -0.481 e. The predicted molar refractivity (Wildman–Crippen MR) is 92.8 cm³/mol. The maximum atomic E-state index is 12.4. The largest absolute Gasteiger partial charge is 0.481 e. The molecule has 1 aromatic rings. The van der Waals surface area contributed by atoms with Crippen LogP contribution in [0.5, 0.6) is 0 Å². The van der Waals surface area contributed by atoms with Crippen LogP contribution in [0.15, 0.2) is 30.3 Å². The molecular weight excluding hydrogens is 308 g/mol. The number of carboxylic acids is 1. The maximum Gasteiger partial charge on any atom is 0.317 e. The van der Waals surface area contributed by atoms with E-state index in [0.717, 1.165) is 5.56 Å². The molecule has 0 radical (unpaired) electrons. The number of hydrogen-bond donors (Lipinski definition) is 3. The van der Waals surface area contributed by atoms with E-state index in [0.29, 0.717) is 19.4 Å². The molecule has 0 bridgehead atoms. The van der Waals surface area contributed by atoms with Gasteiger partial charge in [0.2, 0.25) is 0 Å². The van der Waals surface area contributed by atoms with Crippen LogP contribution in [0.1, 0.15) is 32.3 Å². The fraction of sp³-hybridized carbons (Fsp3) is 0.556. The molecule has 0 saturated carbocycles. The second-order valence-electron chi connectivity index (χ2n) is 6.95. The summed E-state index contributed by atoms with van der Waals surface area (Å²) >= 11 is 0. The Hall–Kier alpha value is -2.08. The highest BCUT2D eigenvalue weighted by molar-refractivity contribution is 5.74. The monoisotopic (exact) mass is 336 g/mol. The predicted octanol–water partition coefficient (Wildman–Crippen LogP) is 2.12. The fourth-order valence-corrected chi connectivity index (χ4v) is 2.47. The number of carboxylic acid groups (broad SMARTS) is 1. The summed E-state index contributed by atoms with van der Waals surface area (Å²) in [5, 5.41) is 21.1. The van der Waals surface area contributed by atoms with E-state index in [9.17, 15) is 14.7 Å². The van der Waals surface area contributed by atoms with Crippen molar-refractivity contribution in [1.82, 2.24) is 10.2 Å². The van der Waals surface area contributed by atoms with E-state index < -0.39 is 5.97 Å². The molecule has 1 unspecified atom stereocenters. The Bertz CT molecular complexity index is 531. The smallest absolute Gasteiger partial charge is 0.317 e. The van der Waals surface area contributed by atoms with Crippen LogP contribution in [0.3, 0.4) is 0 Å². The molecular formula is C18H28N2O4. The van der Waals surface area contributed by atoms with E-state index in [1.807, 2.05) is 44.2 Å². The summed E-state index contributed by atoms with van der Waals surface area (Å²) in [7, 11) is 1.67. The van der Waals surface area contributed by atoms with E-state index in [-0.39, 0.29) is 30.5 Å². The van der Waals surface area contributed by atoms with Crippen molar-refractivity contribution in [2.45, 2.75) is 39.2 Å². The molecule has 1 atom stereocenters. The van der Waals surface area contributed by atoms with Gasteiger partial charge in [-0.15, -0.1) is 0 Å². The van der Waals surface area contributed by atoms with Gasteiger partial charge in [0.1, 0.15) is 0 Å². The number of urea groups is 1. The second kappa shape index (κ2) is 9.27. The molecule has 0 spiro atoms. The zero-order chi connectivity index (χ0) is 18.2. The molecule has 0 fully saturated rings. The number of aliphatic carboxylic acids is 1. The van der Waals surface area contributed by atoms with Gasteiger partial charge in [-0.1, -0.05) is 44.2 Å². The van der Waals surface area contributed by atoms with Gasteiger partial charge in [-0.3, -0.25) is 4.79 Å². The number of aliphatic hydroxyl groups excluding tert-OH is 1. The maximum absolute atomic E-state index is 12.4. The Kier molecular flexibility index (Phi) is 7.71. The fourth-order valence-electron chi connectivity index (χ4n) is 2.47.